The van der Waals surface area contributed by atoms with Crippen molar-refractivity contribution >= 4 is 5.91 Å². The lowest BCUT2D eigenvalue weighted by atomic mass is 10.00. The monoisotopic (exact) mass is 269 g/mol. The minimum Gasteiger partial charge on any atom is -0.358 e. The number of likely N-dealkylation sites (tertiary alicyclic amines) is 2. The Labute approximate surface area is 118 Å². The van der Waals surface area contributed by atoms with Gasteiger partial charge in [-0.1, -0.05) is 20.3 Å². The maximum atomic E-state index is 11.3. The van der Waals surface area contributed by atoms with Gasteiger partial charge in [0.05, 0.1) is 6.54 Å². The van der Waals surface area contributed by atoms with Gasteiger partial charge in [0.1, 0.15) is 0 Å². The summed E-state index contributed by atoms with van der Waals surface area (Å²) in [7, 11) is 1.71. The number of hydrogen-bond donors (Lipinski definition) is 1. The highest BCUT2D eigenvalue weighted by Gasteiger charge is 2.25. The van der Waals surface area contributed by atoms with Crippen LogP contribution in [0.2, 0.25) is 0 Å². The van der Waals surface area contributed by atoms with E-state index in [4.69, 9.17) is 0 Å². The van der Waals surface area contributed by atoms with Gasteiger partial charge in [-0.2, -0.15) is 0 Å². The predicted molar refractivity (Wildman–Crippen MR) is 80.3 cm³/mol. The number of nitrogens with one attached hydrogen (secondary N) is 1. The van der Waals surface area contributed by atoms with Crippen LogP contribution in [0.25, 0.3) is 0 Å². The molecule has 2 aliphatic rings. The number of amides is 1. The van der Waals surface area contributed by atoms with Gasteiger partial charge in [-0.25, -0.2) is 0 Å². The fourth-order valence-electron chi connectivity index (χ4n) is 3.01. The van der Waals surface area contributed by atoms with Crippen molar-refractivity contribution in [2.24, 2.45) is 0 Å². The van der Waals surface area contributed by atoms with E-state index in [2.05, 4.69) is 15.1 Å². The summed E-state index contributed by atoms with van der Waals surface area (Å²) in [6.07, 6.45) is 6.62. The van der Waals surface area contributed by atoms with E-state index >= 15 is 0 Å². The number of rotatable bonds is 3. The van der Waals surface area contributed by atoms with Crippen LogP contribution in [-0.4, -0.2) is 61.5 Å². The van der Waals surface area contributed by atoms with Crippen LogP contribution >= 0.6 is 0 Å². The van der Waals surface area contributed by atoms with Crippen molar-refractivity contribution < 1.29 is 4.79 Å². The maximum absolute atomic E-state index is 11.3. The Morgan fingerprint density at radius 3 is 2.16 bits per heavy atom. The molecule has 19 heavy (non-hydrogen) atoms. The van der Waals surface area contributed by atoms with Gasteiger partial charge in [-0.05, 0) is 38.8 Å². The molecule has 0 aromatic carbocycles. The molecule has 0 aromatic heterocycles. The number of likely N-dealkylation sites (N-methyl/N-ethyl adjacent to an activating group) is 1. The average Bonchev–Trinajstić information content (AvgIpc) is 2.51. The molecule has 0 aromatic rings. The van der Waals surface area contributed by atoms with Crippen molar-refractivity contribution in [2.75, 3.05) is 39.8 Å². The molecule has 0 saturated carbocycles. The van der Waals surface area contributed by atoms with Crippen molar-refractivity contribution in [2.45, 2.75) is 52.0 Å². The molecule has 0 bridgehead atoms. The van der Waals surface area contributed by atoms with E-state index in [-0.39, 0.29) is 5.91 Å². The van der Waals surface area contributed by atoms with Gasteiger partial charge >= 0.3 is 0 Å². The Balaban J connectivity index is 0.000000861. The number of hydrogen-bond acceptors (Lipinski definition) is 3. The van der Waals surface area contributed by atoms with Crippen LogP contribution in [0, 0.1) is 0 Å². The van der Waals surface area contributed by atoms with Crippen LogP contribution in [0.4, 0.5) is 0 Å². The lowest BCUT2D eigenvalue weighted by molar-refractivity contribution is -0.122. The zero-order valence-electron chi connectivity index (χ0n) is 13.0. The second-order valence-corrected chi connectivity index (χ2v) is 5.28. The molecule has 2 heterocycles. The predicted octanol–water partition coefficient (Wildman–Crippen LogP) is 1.71. The van der Waals surface area contributed by atoms with Crippen LogP contribution in [-0.2, 0) is 4.79 Å². The summed E-state index contributed by atoms with van der Waals surface area (Å²) in [5.41, 5.74) is 0. The second-order valence-electron chi connectivity index (χ2n) is 5.28. The molecule has 0 radical (unpaired) electrons. The Kier molecular flexibility index (Phi) is 8.07. The van der Waals surface area contributed by atoms with Crippen molar-refractivity contribution in [1.82, 2.24) is 15.1 Å². The third-order valence-corrected chi connectivity index (χ3v) is 4.11. The molecular weight excluding hydrogens is 238 g/mol. The molecule has 112 valence electrons. The average molecular weight is 269 g/mol. The first-order valence-corrected chi connectivity index (χ1v) is 7.96. The van der Waals surface area contributed by atoms with E-state index in [1.807, 2.05) is 13.8 Å². The molecule has 0 atom stereocenters. The van der Waals surface area contributed by atoms with E-state index < -0.39 is 0 Å². The highest BCUT2D eigenvalue weighted by Crippen LogP contribution is 2.20. The minimum atomic E-state index is 0.140. The topological polar surface area (TPSA) is 35.6 Å². The summed E-state index contributed by atoms with van der Waals surface area (Å²) in [6.45, 7) is 9.31. The Morgan fingerprint density at radius 2 is 1.63 bits per heavy atom. The first-order valence-electron chi connectivity index (χ1n) is 7.96. The molecule has 1 N–H and O–H groups in total. The molecular formula is C15H31N3O. The van der Waals surface area contributed by atoms with E-state index in [1.54, 1.807) is 7.05 Å². The Hall–Kier alpha value is -0.610. The molecule has 2 aliphatic heterocycles. The summed E-state index contributed by atoms with van der Waals surface area (Å²) in [6, 6.07) is 0.774. The number of piperidine rings is 2. The quantitative estimate of drug-likeness (QED) is 0.847. The summed E-state index contributed by atoms with van der Waals surface area (Å²) in [4.78, 5) is 16.2. The fourth-order valence-corrected chi connectivity index (χ4v) is 3.01. The van der Waals surface area contributed by atoms with Crippen LogP contribution in [0.3, 0.4) is 0 Å². The molecule has 2 rings (SSSR count). The summed E-state index contributed by atoms with van der Waals surface area (Å²) in [5.74, 6) is 0.140. The Bertz CT molecular complexity index is 244. The lowest BCUT2D eigenvalue weighted by Gasteiger charge is -2.40. The van der Waals surface area contributed by atoms with Crippen molar-refractivity contribution in [3.63, 3.8) is 0 Å². The summed E-state index contributed by atoms with van der Waals surface area (Å²) in [5, 5.41) is 2.70. The minimum absolute atomic E-state index is 0.140. The summed E-state index contributed by atoms with van der Waals surface area (Å²) >= 11 is 0. The molecule has 4 heteroatoms. The van der Waals surface area contributed by atoms with Gasteiger partial charge in [0.15, 0.2) is 0 Å². The lowest BCUT2D eigenvalue weighted by Crippen LogP contribution is -2.48. The highest BCUT2D eigenvalue weighted by molar-refractivity contribution is 5.77. The van der Waals surface area contributed by atoms with Crippen LogP contribution in [0.1, 0.15) is 46.0 Å². The van der Waals surface area contributed by atoms with Crippen LogP contribution < -0.4 is 5.32 Å². The second kappa shape index (κ2) is 9.32. The van der Waals surface area contributed by atoms with Crippen LogP contribution in [0.15, 0.2) is 0 Å². The molecule has 1 amide bonds. The van der Waals surface area contributed by atoms with E-state index in [0.717, 1.165) is 19.1 Å². The highest BCUT2D eigenvalue weighted by atomic mass is 16.1. The van der Waals surface area contributed by atoms with Gasteiger partial charge in [-0.3, -0.25) is 9.69 Å². The van der Waals surface area contributed by atoms with Gasteiger partial charge in [0, 0.05) is 26.2 Å². The van der Waals surface area contributed by atoms with Crippen molar-refractivity contribution in [3.8, 4) is 0 Å². The van der Waals surface area contributed by atoms with E-state index in [1.165, 1.54) is 45.2 Å². The largest absolute Gasteiger partial charge is 0.358 e. The van der Waals surface area contributed by atoms with Crippen molar-refractivity contribution in [3.05, 3.63) is 0 Å². The van der Waals surface area contributed by atoms with Gasteiger partial charge in [-0.15, -0.1) is 0 Å². The first-order chi connectivity index (χ1) is 9.29. The third kappa shape index (κ3) is 5.49. The molecule has 0 unspecified atom stereocenters. The van der Waals surface area contributed by atoms with E-state index in [0.29, 0.717) is 6.54 Å². The molecule has 0 spiro atoms. The first kappa shape index (κ1) is 16.4. The molecule has 2 fully saturated rings. The number of carbonyl (C=O) groups is 1. The summed E-state index contributed by atoms with van der Waals surface area (Å²) < 4.78 is 0. The van der Waals surface area contributed by atoms with Crippen molar-refractivity contribution in [1.29, 1.82) is 0 Å². The number of carbonyl (C=O) groups excluding carboxylic acids is 1. The SMILES string of the molecule is CC.CNC(=O)CN1CCC(N2CCCCC2)CC1. The van der Waals surface area contributed by atoms with Gasteiger partial charge in [0.25, 0.3) is 0 Å². The maximum Gasteiger partial charge on any atom is 0.233 e. The molecule has 4 nitrogen and oxygen atoms in total. The zero-order chi connectivity index (χ0) is 14.1. The smallest absolute Gasteiger partial charge is 0.233 e. The molecule has 0 aliphatic carbocycles. The zero-order valence-corrected chi connectivity index (χ0v) is 13.0. The van der Waals surface area contributed by atoms with Gasteiger partial charge in [0.2, 0.25) is 5.91 Å². The third-order valence-electron chi connectivity index (χ3n) is 4.11. The normalized spacial score (nSPS) is 22.5. The van der Waals surface area contributed by atoms with E-state index in [9.17, 15) is 4.79 Å². The fraction of sp³-hybridized carbons (Fsp3) is 0.933. The standard InChI is InChI=1S/C13H25N3O.C2H6/c1-14-13(17)11-15-9-5-12(6-10-15)16-7-3-2-4-8-16;1-2/h12H,2-11H2,1H3,(H,14,17);1-2H3. The molecule has 2 saturated heterocycles. The van der Waals surface area contributed by atoms with Crippen LogP contribution in [0.5, 0.6) is 0 Å². The number of nitrogens with zero attached hydrogens (tertiary/aromatic N) is 2. The Morgan fingerprint density at radius 1 is 1.05 bits per heavy atom. The van der Waals surface area contributed by atoms with Gasteiger partial charge < -0.3 is 10.2 Å².